The van der Waals surface area contributed by atoms with Crippen molar-refractivity contribution >= 4 is 29.3 Å². The molecule has 1 fully saturated rings. The Bertz CT molecular complexity index is 835. The smallest absolute Gasteiger partial charge is 0.307 e. The van der Waals surface area contributed by atoms with Crippen LogP contribution in [0.2, 0.25) is 5.02 Å². The van der Waals surface area contributed by atoms with Gasteiger partial charge in [0.15, 0.2) is 0 Å². The average Bonchev–Trinajstić information content (AvgIpc) is 2.71. The van der Waals surface area contributed by atoms with Crippen molar-refractivity contribution in [3.05, 3.63) is 64.7 Å². The highest BCUT2D eigenvalue weighted by molar-refractivity contribution is 7.98. The second-order valence-corrected chi connectivity index (χ2v) is 9.90. The molecule has 1 saturated heterocycles. The molecule has 1 unspecified atom stereocenters. The number of carbonyl (C=O) groups excluding carboxylic acids is 1. The molecule has 1 aliphatic heterocycles. The van der Waals surface area contributed by atoms with Gasteiger partial charge in [0, 0.05) is 35.3 Å². The van der Waals surface area contributed by atoms with E-state index in [4.69, 9.17) is 21.1 Å². The standard InChI is InChI=1S/C24H30ClNO3S/c1-24(2,3)29-23(27)12-13-26-14-15-28-22(16-26)18-8-10-20(11-9-18)30-17-19-6-4-5-7-21(19)25/h4-11,22H,12-17H2,1-3H3. The van der Waals surface area contributed by atoms with Crippen LogP contribution in [0.3, 0.4) is 0 Å². The number of carbonyl (C=O) groups is 1. The minimum Gasteiger partial charge on any atom is -0.460 e. The lowest BCUT2D eigenvalue weighted by Gasteiger charge is -2.33. The Hall–Kier alpha value is -1.53. The van der Waals surface area contributed by atoms with Gasteiger partial charge in [0.25, 0.3) is 0 Å². The summed E-state index contributed by atoms with van der Waals surface area (Å²) in [5.41, 5.74) is 1.87. The first-order valence-electron chi connectivity index (χ1n) is 10.3. The first-order valence-corrected chi connectivity index (χ1v) is 11.7. The van der Waals surface area contributed by atoms with E-state index in [9.17, 15) is 4.79 Å². The van der Waals surface area contributed by atoms with Gasteiger partial charge in [0.2, 0.25) is 0 Å². The van der Waals surface area contributed by atoms with Crippen LogP contribution in [0.15, 0.2) is 53.4 Å². The summed E-state index contributed by atoms with van der Waals surface area (Å²) in [6.45, 7) is 8.67. The fourth-order valence-electron chi connectivity index (χ4n) is 3.30. The molecule has 0 radical (unpaired) electrons. The first-order chi connectivity index (χ1) is 14.3. The van der Waals surface area contributed by atoms with E-state index in [0.29, 0.717) is 19.6 Å². The molecule has 6 heteroatoms. The van der Waals surface area contributed by atoms with Gasteiger partial charge in [-0.15, -0.1) is 11.8 Å². The maximum atomic E-state index is 12.0. The van der Waals surface area contributed by atoms with E-state index in [1.54, 1.807) is 11.8 Å². The predicted molar refractivity (Wildman–Crippen MR) is 123 cm³/mol. The zero-order valence-corrected chi connectivity index (χ0v) is 19.5. The fourth-order valence-corrected chi connectivity index (χ4v) is 4.49. The van der Waals surface area contributed by atoms with Crippen molar-refractivity contribution in [3.8, 4) is 0 Å². The molecular weight excluding hydrogens is 418 g/mol. The van der Waals surface area contributed by atoms with E-state index in [-0.39, 0.29) is 12.1 Å². The minimum atomic E-state index is -0.434. The van der Waals surface area contributed by atoms with E-state index in [1.807, 2.05) is 39.0 Å². The largest absolute Gasteiger partial charge is 0.460 e. The number of thioether (sulfide) groups is 1. The van der Waals surface area contributed by atoms with Gasteiger partial charge < -0.3 is 9.47 Å². The van der Waals surface area contributed by atoms with Crippen molar-refractivity contribution in [3.63, 3.8) is 0 Å². The van der Waals surface area contributed by atoms with E-state index >= 15 is 0 Å². The van der Waals surface area contributed by atoms with Crippen molar-refractivity contribution < 1.29 is 14.3 Å². The maximum absolute atomic E-state index is 12.0. The number of ether oxygens (including phenoxy) is 2. The van der Waals surface area contributed by atoms with Crippen LogP contribution in [0, 0.1) is 0 Å². The molecule has 30 heavy (non-hydrogen) atoms. The first kappa shape index (κ1) is 23.1. The van der Waals surface area contributed by atoms with Gasteiger partial charge in [0.1, 0.15) is 5.60 Å². The normalized spacial score (nSPS) is 17.7. The Kier molecular flexibility index (Phi) is 8.23. The Morgan fingerprint density at radius 1 is 1.20 bits per heavy atom. The van der Waals surface area contributed by atoms with E-state index in [1.165, 1.54) is 10.5 Å². The summed E-state index contributed by atoms with van der Waals surface area (Å²) in [7, 11) is 0. The summed E-state index contributed by atoms with van der Waals surface area (Å²) >= 11 is 8.02. The van der Waals surface area contributed by atoms with E-state index in [0.717, 1.165) is 29.4 Å². The molecule has 1 heterocycles. The molecule has 1 aliphatic rings. The molecule has 0 spiro atoms. The lowest BCUT2D eigenvalue weighted by Crippen LogP contribution is -2.39. The van der Waals surface area contributed by atoms with Crippen molar-refractivity contribution in [2.45, 2.75) is 49.5 Å². The second kappa shape index (κ2) is 10.7. The van der Waals surface area contributed by atoms with Crippen molar-refractivity contribution in [1.29, 1.82) is 0 Å². The zero-order chi connectivity index (χ0) is 21.6. The summed E-state index contributed by atoms with van der Waals surface area (Å²) in [6, 6.07) is 16.5. The van der Waals surface area contributed by atoms with Gasteiger partial charge >= 0.3 is 5.97 Å². The Morgan fingerprint density at radius 2 is 1.93 bits per heavy atom. The van der Waals surface area contributed by atoms with Crippen LogP contribution in [0.25, 0.3) is 0 Å². The van der Waals surface area contributed by atoms with Gasteiger partial charge in [-0.3, -0.25) is 9.69 Å². The molecule has 162 valence electrons. The van der Waals surface area contributed by atoms with Gasteiger partial charge in [-0.2, -0.15) is 0 Å². The summed E-state index contributed by atoms with van der Waals surface area (Å²) in [4.78, 5) is 15.5. The number of hydrogen-bond donors (Lipinski definition) is 0. The van der Waals surface area contributed by atoms with Crippen molar-refractivity contribution in [1.82, 2.24) is 4.90 Å². The van der Waals surface area contributed by atoms with Gasteiger partial charge in [-0.05, 0) is 50.1 Å². The summed E-state index contributed by atoms with van der Waals surface area (Å²) in [5, 5.41) is 0.809. The SMILES string of the molecule is CC(C)(C)OC(=O)CCN1CCOC(c2ccc(SCc3ccccc3Cl)cc2)C1. The van der Waals surface area contributed by atoms with Crippen LogP contribution >= 0.6 is 23.4 Å². The van der Waals surface area contributed by atoms with Gasteiger partial charge in [-0.25, -0.2) is 0 Å². The highest BCUT2D eigenvalue weighted by Crippen LogP contribution is 2.29. The topological polar surface area (TPSA) is 38.8 Å². The molecule has 0 N–H and O–H groups in total. The number of nitrogens with zero attached hydrogens (tertiary/aromatic N) is 1. The highest BCUT2D eigenvalue weighted by atomic mass is 35.5. The Labute approximate surface area is 188 Å². The van der Waals surface area contributed by atoms with Crippen LogP contribution in [-0.4, -0.2) is 42.7 Å². The molecule has 2 aromatic rings. The van der Waals surface area contributed by atoms with Crippen LogP contribution in [-0.2, 0) is 20.0 Å². The van der Waals surface area contributed by atoms with Crippen LogP contribution < -0.4 is 0 Å². The third kappa shape index (κ3) is 7.31. The van der Waals surface area contributed by atoms with Crippen molar-refractivity contribution in [2.24, 2.45) is 0 Å². The summed E-state index contributed by atoms with van der Waals surface area (Å²) in [5.74, 6) is 0.697. The van der Waals surface area contributed by atoms with Crippen molar-refractivity contribution in [2.75, 3.05) is 26.2 Å². The number of rotatable bonds is 7. The molecule has 0 saturated carbocycles. The minimum absolute atomic E-state index is 0.0278. The average molecular weight is 448 g/mol. The maximum Gasteiger partial charge on any atom is 0.307 e. The Morgan fingerprint density at radius 3 is 2.63 bits per heavy atom. The molecular formula is C24H30ClNO3S. The molecule has 0 aliphatic carbocycles. The molecule has 4 nitrogen and oxygen atoms in total. The van der Waals surface area contributed by atoms with Crippen LogP contribution in [0.4, 0.5) is 0 Å². The second-order valence-electron chi connectivity index (χ2n) is 8.45. The monoisotopic (exact) mass is 447 g/mol. The number of hydrogen-bond acceptors (Lipinski definition) is 5. The van der Waals surface area contributed by atoms with E-state index in [2.05, 4.69) is 35.2 Å². The summed E-state index contributed by atoms with van der Waals surface area (Å²) in [6.07, 6.45) is 0.432. The lowest BCUT2D eigenvalue weighted by molar-refractivity contribution is -0.155. The van der Waals surface area contributed by atoms with Gasteiger partial charge in [-0.1, -0.05) is 41.9 Å². The van der Waals surface area contributed by atoms with Crippen LogP contribution in [0.5, 0.6) is 0 Å². The number of benzene rings is 2. The molecule has 0 amide bonds. The number of morpholine rings is 1. The number of halogens is 1. The lowest BCUT2D eigenvalue weighted by atomic mass is 10.1. The third-order valence-corrected chi connectivity index (χ3v) is 6.24. The zero-order valence-electron chi connectivity index (χ0n) is 17.9. The molecule has 1 atom stereocenters. The molecule has 0 bridgehead atoms. The van der Waals surface area contributed by atoms with Crippen LogP contribution in [0.1, 0.15) is 44.4 Å². The quantitative estimate of drug-likeness (QED) is 0.400. The van der Waals surface area contributed by atoms with Gasteiger partial charge in [0.05, 0.1) is 19.1 Å². The summed E-state index contributed by atoms with van der Waals surface area (Å²) < 4.78 is 11.4. The molecule has 3 rings (SSSR count). The Balaban J connectivity index is 1.49. The third-order valence-electron chi connectivity index (χ3n) is 4.81. The molecule has 0 aromatic heterocycles. The molecule has 2 aromatic carbocycles. The fraction of sp³-hybridized carbons (Fsp3) is 0.458. The highest BCUT2D eigenvalue weighted by Gasteiger charge is 2.23. The van der Waals surface area contributed by atoms with E-state index < -0.39 is 5.60 Å². The number of esters is 1. The predicted octanol–water partition coefficient (Wildman–Crippen LogP) is 5.74.